The van der Waals surface area contributed by atoms with Crippen LogP contribution in [0.2, 0.25) is 0 Å². The van der Waals surface area contributed by atoms with Crippen molar-refractivity contribution in [3.05, 3.63) is 71.3 Å². The molecule has 1 saturated heterocycles. The molecular formula is C27H31N3O6S. The number of rotatable bonds is 5. The van der Waals surface area contributed by atoms with Crippen LogP contribution in [-0.2, 0) is 21.4 Å². The number of nitrogens with zero attached hydrogens (tertiary/aromatic N) is 2. The van der Waals surface area contributed by atoms with E-state index in [1.165, 1.54) is 4.90 Å². The zero-order valence-corrected chi connectivity index (χ0v) is 22.0. The van der Waals surface area contributed by atoms with Crippen molar-refractivity contribution >= 4 is 27.9 Å². The van der Waals surface area contributed by atoms with E-state index in [0.717, 1.165) is 5.56 Å². The number of hydrogen-bond donors (Lipinski definition) is 1. The SMILES string of the molecule is CC(C)(C)S(=O)(=O)N[C@@H]1C[C@@H](N2C(=O)c3ccccc3C2=O)CC12CN(C(=O)OCc1ccccc1)C2. The van der Waals surface area contributed by atoms with Gasteiger partial charge in [-0.25, -0.2) is 17.9 Å². The van der Waals surface area contributed by atoms with Crippen molar-refractivity contribution in [1.82, 2.24) is 14.5 Å². The topological polar surface area (TPSA) is 113 Å². The molecule has 3 amide bonds. The van der Waals surface area contributed by atoms with E-state index >= 15 is 0 Å². The van der Waals surface area contributed by atoms with E-state index in [2.05, 4.69) is 4.72 Å². The smallest absolute Gasteiger partial charge is 0.410 e. The van der Waals surface area contributed by atoms with E-state index in [1.54, 1.807) is 49.9 Å². The number of nitrogens with one attached hydrogen (secondary N) is 1. The van der Waals surface area contributed by atoms with Gasteiger partial charge in [0.1, 0.15) is 6.61 Å². The molecule has 2 atom stereocenters. The second-order valence-corrected chi connectivity index (χ2v) is 13.6. The molecule has 0 bridgehead atoms. The number of carbonyl (C=O) groups is 3. The number of likely N-dealkylation sites (tertiary alicyclic amines) is 1. The summed E-state index contributed by atoms with van der Waals surface area (Å²) in [5, 5.41) is 0. The third-order valence-electron chi connectivity index (χ3n) is 7.66. The molecule has 1 saturated carbocycles. The lowest BCUT2D eigenvalue weighted by molar-refractivity contribution is -0.0160. The minimum atomic E-state index is -3.71. The number of carbonyl (C=O) groups excluding carboxylic acids is 3. The predicted octanol–water partition coefficient (Wildman–Crippen LogP) is 3.17. The summed E-state index contributed by atoms with van der Waals surface area (Å²) in [7, 11) is -3.71. The van der Waals surface area contributed by atoms with Crippen LogP contribution >= 0.6 is 0 Å². The normalized spacial score (nSPS) is 22.8. The van der Waals surface area contributed by atoms with E-state index in [1.807, 2.05) is 30.3 Å². The highest BCUT2D eigenvalue weighted by atomic mass is 32.2. The molecule has 0 radical (unpaired) electrons. The first kappa shape index (κ1) is 25.4. The number of hydrogen-bond acceptors (Lipinski definition) is 6. The molecule has 37 heavy (non-hydrogen) atoms. The van der Waals surface area contributed by atoms with Crippen LogP contribution in [0.15, 0.2) is 54.6 Å². The molecule has 3 aliphatic rings. The van der Waals surface area contributed by atoms with E-state index in [-0.39, 0.29) is 37.9 Å². The van der Waals surface area contributed by atoms with E-state index < -0.39 is 38.4 Å². The lowest BCUT2D eigenvalue weighted by Gasteiger charge is -2.51. The molecule has 1 N–H and O–H groups in total. The highest BCUT2D eigenvalue weighted by molar-refractivity contribution is 7.90. The van der Waals surface area contributed by atoms with Gasteiger partial charge in [0, 0.05) is 30.6 Å². The van der Waals surface area contributed by atoms with Crippen LogP contribution in [0.3, 0.4) is 0 Å². The van der Waals surface area contributed by atoms with Crippen LogP contribution in [0.4, 0.5) is 4.79 Å². The second-order valence-electron chi connectivity index (χ2n) is 11.2. The maximum atomic E-state index is 13.1. The summed E-state index contributed by atoms with van der Waals surface area (Å²) >= 11 is 0. The van der Waals surface area contributed by atoms with Crippen molar-refractivity contribution in [2.24, 2.45) is 5.41 Å². The second kappa shape index (κ2) is 8.95. The minimum Gasteiger partial charge on any atom is -0.445 e. The molecule has 2 heterocycles. The van der Waals surface area contributed by atoms with Gasteiger partial charge >= 0.3 is 6.09 Å². The van der Waals surface area contributed by atoms with Crippen molar-refractivity contribution in [3.8, 4) is 0 Å². The molecule has 1 spiro atoms. The van der Waals surface area contributed by atoms with E-state index in [0.29, 0.717) is 17.5 Å². The van der Waals surface area contributed by atoms with Gasteiger partial charge in [-0.2, -0.15) is 0 Å². The average Bonchev–Trinajstić information content (AvgIpc) is 3.31. The van der Waals surface area contributed by atoms with Gasteiger partial charge in [-0.05, 0) is 51.3 Å². The fourth-order valence-electron chi connectivity index (χ4n) is 5.49. The van der Waals surface area contributed by atoms with Gasteiger partial charge in [-0.15, -0.1) is 0 Å². The van der Waals surface area contributed by atoms with E-state index in [4.69, 9.17) is 4.74 Å². The molecule has 10 heteroatoms. The Hall–Kier alpha value is -3.24. The van der Waals surface area contributed by atoms with Gasteiger partial charge < -0.3 is 9.64 Å². The van der Waals surface area contributed by atoms with Crippen molar-refractivity contribution in [1.29, 1.82) is 0 Å². The summed E-state index contributed by atoms with van der Waals surface area (Å²) in [4.78, 5) is 41.8. The Morgan fingerprint density at radius 2 is 1.57 bits per heavy atom. The molecule has 2 fully saturated rings. The van der Waals surface area contributed by atoms with Crippen molar-refractivity contribution < 1.29 is 27.5 Å². The summed E-state index contributed by atoms with van der Waals surface area (Å²) in [6, 6.07) is 15.0. The molecule has 0 aromatic heterocycles. The van der Waals surface area contributed by atoms with E-state index in [9.17, 15) is 22.8 Å². The first-order valence-corrected chi connectivity index (χ1v) is 13.8. The highest BCUT2D eigenvalue weighted by Crippen LogP contribution is 2.49. The number of ether oxygens (including phenoxy) is 1. The van der Waals surface area contributed by atoms with Gasteiger partial charge in [0.2, 0.25) is 10.0 Å². The van der Waals surface area contributed by atoms with Crippen LogP contribution in [0, 0.1) is 5.41 Å². The third kappa shape index (κ3) is 4.42. The summed E-state index contributed by atoms with van der Waals surface area (Å²) < 4.78 is 33.4. The Morgan fingerprint density at radius 1 is 1.00 bits per heavy atom. The lowest BCUT2D eigenvalue weighted by atomic mass is 9.75. The van der Waals surface area contributed by atoms with Gasteiger partial charge in [0.15, 0.2) is 0 Å². The van der Waals surface area contributed by atoms with Crippen molar-refractivity contribution in [2.45, 2.75) is 57.1 Å². The molecule has 1 aliphatic carbocycles. The summed E-state index contributed by atoms with van der Waals surface area (Å²) in [6.45, 7) is 5.54. The zero-order valence-electron chi connectivity index (χ0n) is 21.1. The molecule has 2 aromatic rings. The maximum Gasteiger partial charge on any atom is 0.410 e. The molecule has 2 aliphatic heterocycles. The van der Waals surface area contributed by atoms with Crippen LogP contribution in [0.5, 0.6) is 0 Å². The fourth-order valence-corrected chi connectivity index (χ4v) is 6.57. The molecule has 0 unspecified atom stereocenters. The fraction of sp³-hybridized carbons (Fsp3) is 0.444. The third-order valence-corrected chi connectivity index (χ3v) is 9.87. The van der Waals surface area contributed by atoms with Gasteiger partial charge in [-0.1, -0.05) is 42.5 Å². The average molecular weight is 526 g/mol. The maximum absolute atomic E-state index is 13.1. The number of benzene rings is 2. The first-order valence-electron chi connectivity index (χ1n) is 12.4. The monoisotopic (exact) mass is 525 g/mol. The van der Waals surface area contributed by atoms with Gasteiger partial charge in [-0.3, -0.25) is 14.5 Å². The Kier molecular flexibility index (Phi) is 6.15. The highest BCUT2D eigenvalue weighted by Gasteiger charge is 2.60. The molecule has 5 rings (SSSR count). The summed E-state index contributed by atoms with van der Waals surface area (Å²) in [5.41, 5.74) is 0.984. The summed E-state index contributed by atoms with van der Waals surface area (Å²) in [5.74, 6) is -0.725. The van der Waals surface area contributed by atoms with Gasteiger partial charge in [0.05, 0.1) is 15.9 Å². The Morgan fingerprint density at radius 3 is 2.14 bits per heavy atom. The zero-order chi connectivity index (χ0) is 26.6. The van der Waals surface area contributed by atoms with Crippen LogP contribution < -0.4 is 4.72 Å². The summed E-state index contributed by atoms with van der Waals surface area (Å²) in [6.07, 6.45) is 0.211. The minimum absolute atomic E-state index is 0.140. The van der Waals surface area contributed by atoms with Gasteiger partial charge in [0.25, 0.3) is 11.8 Å². The number of amides is 3. The molecular weight excluding hydrogens is 494 g/mol. The number of fused-ring (bicyclic) bond motifs is 1. The molecule has 196 valence electrons. The first-order chi connectivity index (χ1) is 17.4. The Bertz CT molecular complexity index is 1310. The standard InChI is InChI=1S/C27H31N3O6S/c1-26(2,3)37(34,35)28-22-13-19(30-23(31)20-11-7-8-12-21(20)24(30)32)14-27(22)16-29(17-27)25(33)36-15-18-9-5-4-6-10-18/h4-12,19,22,28H,13-17H2,1-3H3/t19-,22-/m1/s1. The predicted molar refractivity (Wildman–Crippen MR) is 136 cm³/mol. The van der Waals surface area contributed by atoms with Crippen molar-refractivity contribution in [3.63, 3.8) is 0 Å². The lowest BCUT2D eigenvalue weighted by Crippen LogP contribution is -2.65. The van der Waals surface area contributed by atoms with Crippen LogP contribution in [-0.4, -0.2) is 66.0 Å². The quantitative estimate of drug-likeness (QED) is 0.600. The Balaban J connectivity index is 1.34. The Labute approximate surface area is 216 Å². The largest absolute Gasteiger partial charge is 0.445 e. The van der Waals surface area contributed by atoms with Crippen molar-refractivity contribution in [2.75, 3.05) is 13.1 Å². The van der Waals surface area contributed by atoms with Crippen LogP contribution in [0.1, 0.15) is 59.9 Å². The molecule has 2 aromatic carbocycles. The molecule has 9 nitrogen and oxygen atoms in total. The number of sulfonamides is 1. The number of imide groups is 1. The van der Waals surface area contributed by atoms with Crippen LogP contribution in [0.25, 0.3) is 0 Å².